The van der Waals surface area contributed by atoms with Crippen LogP contribution in [0.1, 0.15) is 11.7 Å². The van der Waals surface area contributed by atoms with Crippen LogP contribution in [-0.4, -0.2) is 26.4 Å². The molecule has 0 fully saturated rings. The molecule has 0 bridgehead atoms. The van der Waals surface area contributed by atoms with Crippen molar-refractivity contribution >= 4 is 15.5 Å². The van der Waals surface area contributed by atoms with Gasteiger partial charge in [0.05, 0.1) is 4.90 Å². The topological polar surface area (TPSA) is 89.6 Å². The summed E-state index contributed by atoms with van der Waals surface area (Å²) in [5.74, 6) is 0.491. The highest BCUT2D eigenvalue weighted by Crippen LogP contribution is 2.19. The first kappa shape index (κ1) is 15.3. The van der Waals surface area contributed by atoms with Gasteiger partial charge < -0.3 is 15.6 Å². The summed E-state index contributed by atoms with van der Waals surface area (Å²) >= 11 is 0. The molecule has 0 aromatic heterocycles. The molecule has 0 aliphatic rings. The molecule has 112 valence electrons. The number of aliphatic hydroxyl groups is 1. The Labute approximate surface area is 123 Å². The van der Waals surface area contributed by atoms with Gasteiger partial charge in [-0.25, -0.2) is 8.42 Å². The van der Waals surface area contributed by atoms with Gasteiger partial charge in [-0.1, -0.05) is 12.1 Å². The molecule has 1 atom stereocenters. The molecule has 6 heteroatoms. The Morgan fingerprint density at radius 1 is 1.19 bits per heavy atom. The molecule has 2 aromatic rings. The van der Waals surface area contributed by atoms with Crippen LogP contribution in [0.4, 0.5) is 5.69 Å². The number of nitrogens with two attached hydrogens (primary N) is 1. The molecule has 0 amide bonds. The summed E-state index contributed by atoms with van der Waals surface area (Å²) in [6.45, 7) is 0.0572. The lowest BCUT2D eigenvalue weighted by Crippen LogP contribution is -2.10. The van der Waals surface area contributed by atoms with Gasteiger partial charge in [-0.15, -0.1) is 0 Å². The molecule has 0 saturated heterocycles. The van der Waals surface area contributed by atoms with Crippen LogP contribution in [0.2, 0.25) is 0 Å². The van der Waals surface area contributed by atoms with E-state index in [0.717, 1.165) is 6.26 Å². The zero-order valence-electron chi connectivity index (χ0n) is 11.6. The summed E-state index contributed by atoms with van der Waals surface area (Å²) in [5, 5.41) is 10.0. The maximum Gasteiger partial charge on any atom is 0.175 e. The molecule has 0 aliphatic heterocycles. The monoisotopic (exact) mass is 307 g/mol. The summed E-state index contributed by atoms with van der Waals surface area (Å²) in [4.78, 5) is 0.228. The molecule has 0 heterocycles. The van der Waals surface area contributed by atoms with E-state index < -0.39 is 15.9 Å². The third-order valence-corrected chi connectivity index (χ3v) is 4.08. The third kappa shape index (κ3) is 4.21. The van der Waals surface area contributed by atoms with Crippen LogP contribution >= 0.6 is 0 Å². The first-order valence-corrected chi connectivity index (χ1v) is 8.22. The van der Waals surface area contributed by atoms with Crippen LogP contribution in [0.25, 0.3) is 0 Å². The van der Waals surface area contributed by atoms with Crippen LogP contribution < -0.4 is 10.5 Å². The number of sulfone groups is 1. The van der Waals surface area contributed by atoms with Crippen LogP contribution in [0, 0.1) is 0 Å². The van der Waals surface area contributed by atoms with E-state index in [-0.39, 0.29) is 11.5 Å². The smallest absolute Gasteiger partial charge is 0.175 e. The number of ether oxygens (including phenoxy) is 1. The van der Waals surface area contributed by atoms with Crippen molar-refractivity contribution in [1.29, 1.82) is 0 Å². The van der Waals surface area contributed by atoms with E-state index in [1.54, 1.807) is 36.4 Å². The minimum absolute atomic E-state index is 0.0572. The first-order valence-electron chi connectivity index (χ1n) is 6.33. The van der Waals surface area contributed by atoms with Crippen LogP contribution in [0.3, 0.4) is 0 Å². The normalized spacial score (nSPS) is 12.9. The fraction of sp³-hybridized carbons (Fsp3) is 0.200. The highest BCUT2D eigenvalue weighted by atomic mass is 32.2. The van der Waals surface area contributed by atoms with Crippen molar-refractivity contribution in [3.8, 4) is 5.75 Å². The molecular weight excluding hydrogens is 290 g/mol. The predicted molar refractivity (Wildman–Crippen MR) is 80.9 cm³/mol. The number of anilines is 1. The predicted octanol–water partition coefficient (Wildman–Crippen LogP) is 1.78. The van der Waals surface area contributed by atoms with Gasteiger partial charge in [0.2, 0.25) is 0 Å². The molecule has 3 N–H and O–H groups in total. The highest BCUT2D eigenvalue weighted by molar-refractivity contribution is 7.90. The van der Waals surface area contributed by atoms with Crippen molar-refractivity contribution in [3.05, 3.63) is 54.1 Å². The number of aliphatic hydroxyl groups excluding tert-OH is 1. The van der Waals surface area contributed by atoms with E-state index in [4.69, 9.17) is 10.5 Å². The minimum Gasteiger partial charge on any atom is -0.491 e. The Kier molecular flexibility index (Phi) is 4.50. The zero-order chi connectivity index (χ0) is 15.5. The van der Waals surface area contributed by atoms with Crippen LogP contribution in [0.15, 0.2) is 53.4 Å². The third-order valence-electron chi connectivity index (χ3n) is 2.96. The first-order chi connectivity index (χ1) is 9.86. The summed E-state index contributed by atoms with van der Waals surface area (Å²) in [6.07, 6.45) is 0.343. The molecule has 0 radical (unpaired) electrons. The number of hydrogen-bond acceptors (Lipinski definition) is 5. The Morgan fingerprint density at radius 2 is 1.86 bits per heavy atom. The molecular formula is C15H17NO4S. The fourth-order valence-corrected chi connectivity index (χ4v) is 2.45. The molecule has 21 heavy (non-hydrogen) atoms. The number of nitrogen functional groups attached to an aromatic ring is 1. The maximum atomic E-state index is 11.3. The summed E-state index contributed by atoms with van der Waals surface area (Å²) in [5.41, 5.74) is 6.89. The quantitative estimate of drug-likeness (QED) is 0.822. The lowest BCUT2D eigenvalue weighted by atomic mass is 10.1. The van der Waals surface area contributed by atoms with Crippen LogP contribution in [-0.2, 0) is 9.84 Å². The fourth-order valence-electron chi connectivity index (χ4n) is 1.82. The van der Waals surface area contributed by atoms with Gasteiger partial charge in [0.1, 0.15) is 18.5 Å². The Balaban J connectivity index is 2.00. The van der Waals surface area contributed by atoms with Gasteiger partial charge in [0.15, 0.2) is 9.84 Å². The number of rotatable bonds is 5. The van der Waals surface area contributed by atoms with E-state index in [1.165, 1.54) is 12.1 Å². The SMILES string of the molecule is CS(=O)(=O)c1ccc(OCC(O)c2cccc(N)c2)cc1. The molecule has 0 saturated carbocycles. The summed E-state index contributed by atoms with van der Waals surface area (Å²) < 4.78 is 28.1. The second-order valence-corrected chi connectivity index (χ2v) is 6.76. The van der Waals surface area contributed by atoms with Gasteiger partial charge >= 0.3 is 0 Å². The molecule has 1 unspecified atom stereocenters. The van der Waals surface area contributed by atoms with Crippen molar-refractivity contribution in [2.75, 3.05) is 18.6 Å². The van der Waals surface area contributed by atoms with E-state index >= 15 is 0 Å². The Hall–Kier alpha value is -2.05. The van der Waals surface area contributed by atoms with Gasteiger partial charge in [0, 0.05) is 11.9 Å². The highest BCUT2D eigenvalue weighted by Gasteiger charge is 2.10. The summed E-state index contributed by atoms with van der Waals surface area (Å²) in [7, 11) is -3.22. The van der Waals surface area contributed by atoms with Crippen molar-refractivity contribution in [1.82, 2.24) is 0 Å². The van der Waals surface area contributed by atoms with Gasteiger partial charge in [-0.3, -0.25) is 0 Å². The maximum absolute atomic E-state index is 11.3. The van der Waals surface area contributed by atoms with E-state index in [1.807, 2.05) is 0 Å². The minimum atomic E-state index is -3.22. The second-order valence-electron chi connectivity index (χ2n) is 4.74. The standard InChI is InChI=1S/C15H17NO4S/c1-21(18,19)14-7-5-13(6-8-14)20-10-15(17)11-3-2-4-12(16)9-11/h2-9,15,17H,10,16H2,1H3. The van der Waals surface area contributed by atoms with Gasteiger partial charge in [-0.2, -0.15) is 0 Å². The van der Waals surface area contributed by atoms with Crippen molar-refractivity contribution in [2.45, 2.75) is 11.0 Å². The van der Waals surface area contributed by atoms with Gasteiger partial charge in [0.25, 0.3) is 0 Å². The molecule has 0 aliphatic carbocycles. The van der Waals surface area contributed by atoms with E-state index in [2.05, 4.69) is 0 Å². The average molecular weight is 307 g/mol. The molecule has 0 spiro atoms. The lowest BCUT2D eigenvalue weighted by molar-refractivity contribution is 0.108. The van der Waals surface area contributed by atoms with Gasteiger partial charge in [-0.05, 0) is 42.0 Å². The van der Waals surface area contributed by atoms with Crippen molar-refractivity contribution in [2.24, 2.45) is 0 Å². The zero-order valence-corrected chi connectivity index (χ0v) is 12.4. The largest absolute Gasteiger partial charge is 0.491 e. The van der Waals surface area contributed by atoms with E-state index in [9.17, 15) is 13.5 Å². The molecule has 2 rings (SSSR count). The molecule has 2 aromatic carbocycles. The van der Waals surface area contributed by atoms with Crippen molar-refractivity contribution < 1.29 is 18.3 Å². The summed E-state index contributed by atoms with van der Waals surface area (Å²) in [6, 6.07) is 13.0. The van der Waals surface area contributed by atoms with Crippen LogP contribution in [0.5, 0.6) is 5.75 Å². The number of hydrogen-bond donors (Lipinski definition) is 2. The number of benzene rings is 2. The van der Waals surface area contributed by atoms with Crippen molar-refractivity contribution in [3.63, 3.8) is 0 Å². The second kappa shape index (κ2) is 6.15. The Bertz CT molecular complexity index is 711. The lowest BCUT2D eigenvalue weighted by Gasteiger charge is -2.13. The average Bonchev–Trinajstić information content (AvgIpc) is 2.44. The molecule has 5 nitrogen and oxygen atoms in total. The Morgan fingerprint density at radius 3 is 2.43 bits per heavy atom. The van der Waals surface area contributed by atoms with E-state index in [0.29, 0.717) is 17.0 Å².